The van der Waals surface area contributed by atoms with E-state index in [-0.39, 0.29) is 5.76 Å². The molecular weight excluding hydrogens is 222 g/mol. The summed E-state index contributed by atoms with van der Waals surface area (Å²) in [5.41, 5.74) is 3.19. The molecule has 2 nitrogen and oxygen atoms in total. The van der Waals surface area contributed by atoms with Gasteiger partial charge in [-0.15, -0.1) is 0 Å². The summed E-state index contributed by atoms with van der Waals surface area (Å²) in [4.78, 5) is 0. The summed E-state index contributed by atoms with van der Waals surface area (Å²) in [7, 11) is 0. The number of nitrogens with zero attached hydrogens (tertiary/aromatic N) is 1. The Kier molecular flexibility index (Phi) is 8.39. The van der Waals surface area contributed by atoms with Gasteiger partial charge in [0.2, 0.25) is 0 Å². The molecule has 1 aromatic carbocycles. The molecule has 0 saturated carbocycles. The number of aliphatic hydroxyl groups excluding tert-OH is 1. The second-order valence-corrected chi connectivity index (χ2v) is 3.87. The fraction of sp³-hybridized carbons (Fsp3) is 0.438. The first-order valence-electron chi connectivity index (χ1n) is 6.56. The zero-order chi connectivity index (χ0) is 14.0. The molecule has 0 radical (unpaired) electrons. The molecule has 0 atom stereocenters. The Labute approximate surface area is 111 Å². The monoisotopic (exact) mass is 245 g/mol. The molecule has 0 saturated heterocycles. The SMILES string of the molecule is C=C(O)CCCc1cc(C#N)ccc1CC.CC. The predicted octanol–water partition coefficient (Wildman–Crippen LogP) is 4.54. The lowest BCUT2D eigenvalue weighted by Crippen LogP contribution is -1.95. The Bertz CT molecular complexity index is 416. The fourth-order valence-corrected chi connectivity index (χ4v) is 1.76. The Morgan fingerprint density at radius 2 is 2.00 bits per heavy atom. The van der Waals surface area contributed by atoms with Gasteiger partial charge in [0, 0.05) is 6.42 Å². The molecule has 0 aliphatic heterocycles. The zero-order valence-corrected chi connectivity index (χ0v) is 11.7. The van der Waals surface area contributed by atoms with Crippen molar-refractivity contribution in [3.05, 3.63) is 47.2 Å². The lowest BCUT2D eigenvalue weighted by atomic mass is 9.98. The van der Waals surface area contributed by atoms with Crippen LogP contribution < -0.4 is 0 Å². The summed E-state index contributed by atoms with van der Waals surface area (Å²) in [6.45, 7) is 9.57. The predicted molar refractivity (Wildman–Crippen MR) is 76.6 cm³/mol. The number of aliphatic hydroxyl groups is 1. The molecule has 1 aromatic rings. The van der Waals surface area contributed by atoms with Crippen molar-refractivity contribution < 1.29 is 5.11 Å². The van der Waals surface area contributed by atoms with E-state index in [0.29, 0.717) is 12.0 Å². The van der Waals surface area contributed by atoms with Gasteiger partial charge in [0.05, 0.1) is 17.4 Å². The van der Waals surface area contributed by atoms with Crippen LogP contribution in [0.2, 0.25) is 0 Å². The second-order valence-electron chi connectivity index (χ2n) is 3.87. The van der Waals surface area contributed by atoms with Crippen LogP contribution >= 0.6 is 0 Å². The molecular formula is C16H23NO. The minimum atomic E-state index is 0.231. The third-order valence-corrected chi connectivity index (χ3v) is 2.63. The highest BCUT2D eigenvalue weighted by atomic mass is 16.3. The smallest absolute Gasteiger partial charge is 0.0991 e. The molecule has 0 aliphatic carbocycles. The number of hydrogen-bond donors (Lipinski definition) is 1. The summed E-state index contributed by atoms with van der Waals surface area (Å²) in [6.07, 6.45) is 3.36. The van der Waals surface area contributed by atoms with Crippen molar-refractivity contribution in [3.63, 3.8) is 0 Å². The number of hydrogen-bond acceptors (Lipinski definition) is 2. The average molecular weight is 245 g/mol. The first-order chi connectivity index (χ1) is 8.67. The van der Waals surface area contributed by atoms with E-state index in [1.807, 2.05) is 32.0 Å². The average Bonchev–Trinajstić information content (AvgIpc) is 2.40. The normalized spacial score (nSPS) is 9.00. The summed E-state index contributed by atoms with van der Waals surface area (Å²) in [6, 6.07) is 7.96. The van der Waals surface area contributed by atoms with Gasteiger partial charge in [-0.1, -0.05) is 33.4 Å². The summed E-state index contributed by atoms with van der Waals surface area (Å²) >= 11 is 0. The molecule has 0 spiro atoms. The first kappa shape index (κ1) is 16.2. The van der Waals surface area contributed by atoms with E-state index in [4.69, 9.17) is 10.4 Å². The van der Waals surface area contributed by atoms with Crippen LogP contribution in [0.4, 0.5) is 0 Å². The molecule has 0 aromatic heterocycles. The van der Waals surface area contributed by atoms with Crippen LogP contribution in [0.25, 0.3) is 0 Å². The van der Waals surface area contributed by atoms with E-state index in [0.717, 1.165) is 19.3 Å². The Hall–Kier alpha value is -1.75. The maximum Gasteiger partial charge on any atom is 0.0991 e. The quantitative estimate of drug-likeness (QED) is 0.774. The van der Waals surface area contributed by atoms with E-state index in [9.17, 15) is 0 Å². The number of allylic oxidation sites excluding steroid dienone is 1. The van der Waals surface area contributed by atoms with Gasteiger partial charge < -0.3 is 5.11 Å². The lowest BCUT2D eigenvalue weighted by Gasteiger charge is -2.07. The van der Waals surface area contributed by atoms with Crippen molar-refractivity contribution >= 4 is 0 Å². The van der Waals surface area contributed by atoms with Crippen LogP contribution in [0, 0.1) is 11.3 Å². The fourth-order valence-electron chi connectivity index (χ4n) is 1.76. The molecule has 2 heteroatoms. The molecule has 1 rings (SSSR count). The van der Waals surface area contributed by atoms with E-state index >= 15 is 0 Å². The third-order valence-electron chi connectivity index (χ3n) is 2.63. The maximum absolute atomic E-state index is 9.01. The van der Waals surface area contributed by atoms with Crippen LogP contribution in [-0.4, -0.2) is 5.11 Å². The highest BCUT2D eigenvalue weighted by Crippen LogP contribution is 2.16. The Balaban J connectivity index is 0.00000137. The van der Waals surface area contributed by atoms with E-state index < -0.39 is 0 Å². The Morgan fingerprint density at radius 3 is 2.50 bits per heavy atom. The van der Waals surface area contributed by atoms with Gasteiger partial charge in [-0.2, -0.15) is 5.26 Å². The van der Waals surface area contributed by atoms with Crippen molar-refractivity contribution in [2.24, 2.45) is 0 Å². The summed E-state index contributed by atoms with van der Waals surface area (Å²) in [5, 5.41) is 17.8. The van der Waals surface area contributed by atoms with E-state index in [1.165, 1.54) is 11.1 Å². The van der Waals surface area contributed by atoms with Crippen molar-refractivity contribution in [1.29, 1.82) is 5.26 Å². The zero-order valence-electron chi connectivity index (χ0n) is 11.7. The third kappa shape index (κ3) is 5.54. The minimum absolute atomic E-state index is 0.231. The van der Waals surface area contributed by atoms with Crippen LogP contribution in [-0.2, 0) is 12.8 Å². The number of aryl methyl sites for hydroxylation is 2. The van der Waals surface area contributed by atoms with Gasteiger partial charge in [0.25, 0.3) is 0 Å². The van der Waals surface area contributed by atoms with Gasteiger partial charge >= 0.3 is 0 Å². The lowest BCUT2D eigenvalue weighted by molar-refractivity contribution is 0.387. The number of rotatable bonds is 5. The highest BCUT2D eigenvalue weighted by molar-refractivity contribution is 5.38. The standard InChI is InChI=1S/C14H17NO.C2H6/c1-3-13-8-7-12(10-15)9-14(13)6-4-5-11(2)16;1-2/h7-9,16H,2-6H2,1H3;1-2H3. The molecule has 1 N–H and O–H groups in total. The molecule has 0 bridgehead atoms. The molecule has 98 valence electrons. The largest absolute Gasteiger partial charge is 0.513 e. The van der Waals surface area contributed by atoms with Crippen LogP contribution in [0.3, 0.4) is 0 Å². The van der Waals surface area contributed by atoms with Crippen LogP contribution in [0.1, 0.15) is 50.3 Å². The van der Waals surface area contributed by atoms with Gasteiger partial charge in [-0.05, 0) is 42.5 Å². The minimum Gasteiger partial charge on any atom is -0.513 e. The molecule has 0 unspecified atom stereocenters. The van der Waals surface area contributed by atoms with Gasteiger partial charge in [-0.25, -0.2) is 0 Å². The molecule has 18 heavy (non-hydrogen) atoms. The first-order valence-corrected chi connectivity index (χ1v) is 6.56. The molecule has 0 aliphatic rings. The van der Waals surface area contributed by atoms with Crippen molar-refractivity contribution in [2.45, 2.75) is 46.5 Å². The van der Waals surface area contributed by atoms with Crippen molar-refractivity contribution in [3.8, 4) is 6.07 Å². The van der Waals surface area contributed by atoms with Crippen molar-refractivity contribution in [1.82, 2.24) is 0 Å². The summed E-state index contributed by atoms with van der Waals surface area (Å²) in [5.74, 6) is 0.231. The molecule has 0 heterocycles. The maximum atomic E-state index is 9.01. The van der Waals surface area contributed by atoms with Gasteiger partial charge in [0.1, 0.15) is 0 Å². The number of nitriles is 1. The second kappa shape index (κ2) is 9.30. The van der Waals surface area contributed by atoms with Crippen LogP contribution in [0.5, 0.6) is 0 Å². The van der Waals surface area contributed by atoms with E-state index in [2.05, 4.69) is 19.6 Å². The number of benzene rings is 1. The molecule has 0 fully saturated rings. The highest BCUT2D eigenvalue weighted by Gasteiger charge is 2.03. The molecule has 0 amide bonds. The Morgan fingerprint density at radius 1 is 1.33 bits per heavy atom. The van der Waals surface area contributed by atoms with Crippen molar-refractivity contribution in [2.75, 3.05) is 0 Å². The topological polar surface area (TPSA) is 44.0 Å². The summed E-state index contributed by atoms with van der Waals surface area (Å²) < 4.78 is 0. The van der Waals surface area contributed by atoms with E-state index in [1.54, 1.807) is 0 Å². The van der Waals surface area contributed by atoms with Gasteiger partial charge in [0.15, 0.2) is 0 Å². The van der Waals surface area contributed by atoms with Gasteiger partial charge in [-0.3, -0.25) is 0 Å². The van der Waals surface area contributed by atoms with Crippen LogP contribution in [0.15, 0.2) is 30.5 Å².